The van der Waals surface area contributed by atoms with Gasteiger partial charge in [-0.1, -0.05) is 18.2 Å². The molecule has 0 spiro atoms. The lowest BCUT2D eigenvalue weighted by Gasteiger charge is -2.24. The number of rotatable bonds is 5. The number of aromatic amines is 1. The summed E-state index contributed by atoms with van der Waals surface area (Å²) in [6.45, 7) is 2.48. The summed E-state index contributed by atoms with van der Waals surface area (Å²) in [7, 11) is 1.95. The lowest BCUT2D eigenvalue weighted by atomic mass is 9.93. The van der Waals surface area contributed by atoms with Crippen molar-refractivity contribution in [2.75, 3.05) is 18.5 Å². The summed E-state index contributed by atoms with van der Waals surface area (Å²) < 4.78 is 0. The van der Waals surface area contributed by atoms with Gasteiger partial charge in [0, 0.05) is 43.0 Å². The molecule has 0 fully saturated rings. The molecular weight excluding hydrogens is 330 g/mol. The summed E-state index contributed by atoms with van der Waals surface area (Å²) in [6.07, 6.45) is 1.85. The van der Waals surface area contributed by atoms with Gasteiger partial charge in [-0.2, -0.15) is 0 Å². The van der Waals surface area contributed by atoms with Crippen molar-refractivity contribution in [3.63, 3.8) is 0 Å². The van der Waals surface area contributed by atoms with E-state index in [2.05, 4.69) is 10.3 Å². The first kappa shape index (κ1) is 17.9. The third-order valence-corrected chi connectivity index (χ3v) is 4.62. The third-order valence-electron chi connectivity index (χ3n) is 4.62. The van der Waals surface area contributed by atoms with E-state index in [1.54, 1.807) is 0 Å². The van der Waals surface area contributed by atoms with Crippen molar-refractivity contribution in [2.24, 2.45) is 0 Å². The highest BCUT2D eigenvalue weighted by molar-refractivity contribution is 6.01. The monoisotopic (exact) mass is 353 g/mol. The van der Waals surface area contributed by atoms with E-state index in [1.807, 2.05) is 49.2 Å². The highest BCUT2D eigenvalue weighted by Gasteiger charge is 2.22. The molecule has 0 aliphatic heterocycles. The lowest BCUT2D eigenvalue weighted by molar-refractivity contribution is 0.0939. The molecule has 0 saturated heterocycles. The first-order chi connectivity index (χ1) is 12.5. The first-order valence-corrected chi connectivity index (χ1v) is 8.82. The number of aromatic nitrogens is 1. The Morgan fingerprint density at radius 2 is 1.96 bits per heavy atom. The van der Waals surface area contributed by atoms with Crippen LogP contribution < -0.4 is 15.8 Å². The van der Waals surface area contributed by atoms with E-state index in [-0.39, 0.29) is 17.4 Å². The Kier molecular flexibility index (Phi) is 5.21. The maximum Gasteiger partial charge on any atom is 0.261 e. The molecule has 0 unspecified atom stereocenters. The molecule has 2 N–H and O–H groups in total. The number of likely N-dealkylation sites (N-methyl/N-ethyl adjacent to an activating group) is 1. The molecule has 1 atom stereocenters. The van der Waals surface area contributed by atoms with E-state index in [4.69, 9.17) is 0 Å². The van der Waals surface area contributed by atoms with Crippen LogP contribution in [0.5, 0.6) is 0 Å². The number of Topliss-reactive ketones (excluding diaryl/α,β-unsaturated/α-hetero) is 1. The fourth-order valence-electron chi connectivity index (χ4n) is 3.29. The summed E-state index contributed by atoms with van der Waals surface area (Å²) in [5.41, 5.74) is 1.70. The number of H-pyrrole nitrogens is 1. The van der Waals surface area contributed by atoms with Gasteiger partial charge in [0.1, 0.15) is 5.56 Å². The number of nitrogens with zero attached hydrogens (tertiary/aromatic N) is 1. The third kappa shape index (κ3) is 3.85. The number of para-hydroxylation sites is 1. The number of ketones is 1. The van der Waals surface area contributed by atoms with Crippen LogP contribution in [0.2, 0.25) is 0 Å². The Labute approximate surface area is 152 Å². The maximum atomic E-state index is 12.5. The Bertz CT molecular complexity index is 874. The minimum Gasteiger partial charge on any atom is -0.373 e. The largest absolute Gasteiger partial charge is 0.373 e. The molecule has 0 radical (unpaired) electrons. The average Bonchev–Trinajstić information content (AvgIpc) is 2.62. The van der Waals surface area contributed by atoms with Crippen LogP contribution in [0.4, 0.5) is 5.69 Å². The Morgan fingerprint density at radius 1 is 1.23 bits per heavy atom. The summed E-state index contributed by atoms with van der Waals surface area (Å²) in [5, 5.41) is 2.85. The van der Waals surface area contributed by atoms with Gasteiger partial charge in [0.15, 0.2) is 5.78 Å². The van der Waals surface area contributed by atoms with Gasteiger partial charge in [0.2, 0.25) is 0 Å². The Balaban J connectivity index is 1.71. The zero-order valence-corrected chi connectivity index (χ0v) is 15.0. The van der Waals surface area contributed by atoms with Crippen LogP contribution in [-0.2, 0) is 6.42 Å². The molecule has 6 heteroatoms. The topological polar surface area (TPSA) is 82.3 Å². The number of fused-ring (bicyclic) bond motifs is 1. The summed E-state index contributed by atoms with van der Waals surface area (Å²) in [6, 6.07) is 11.1. The minimum atomic E-state index is -0.457. The van der Waals surface area contributed by atoms with Crippen LogP contribution in [0.1, 0.15) is 46.2 Å². The van der Waals surface area contributed by atoms with Gasteiger partial charge in [-0.05, 0) is 38.0 Å². The van der Waals surface area contributed by atoms with Gasteiger partial charge in [-0.15, -0.1) is 0 Å². The number of hydrogen-bond donors (Lipinski definition) is 2. The van der Waals surface area contributed by atoms with Crippen molar-refractivity contribution in [2.45, 2.75) is 32.2 Å². The van der Waals surface area contributed by atoms with Crippen LogP contribution in [-0.4, -0.2) is 36.3 Å². The summed E-state index contributed by atoms with van der Waals surface area (Å²) in [5.74, 6) is -0.477. The van der Waals surface area contributed by atoms with E-state index in [1.165, 1.54) is 6.07 Å². The van der Waals surface area contributed by atoms with Crippen LogP contribution in [0, 0.1) is 0 Å². The normalized spacial score (nSPS) is 14.5. The second-order valence-electron chi connectivity index (χ2n) is 6.77. The number of carbonyl (C=O) groups excluding carboxylic acids is 2. The zero-order valence-electron chi connectivity index (χ0n) is 15.0. The molecule has 1 amide bonds. The number of benzene rings is 1. The van der Waals surface area contributed by atoms with E-state index < -0.39 is 11.5 Å². The SMILES string of the molecule is C[C@@H](CN(C)c1ccccc1)NC(=O)c1cc2c([nH]c1=O)CCCC2=O. The molecular formula is C20H23N3O3. The lowest BCUT2D eigenvalue weighted by Crippen LogP contribution is -2.42. The van der Waals surface area contributed by atoms with Crippen LogP contribution in [0.25, 0.3) is 0 Å². The molecule has 2 aromatic rings. The van der Waals surface area contributed by atoms with Crippen molar-refractivity contribution in [1.29, 1.82) is 0 Å². The molecule has 1 aromatic heterocycles. The predicted octanol–water partition coefficient (Wildman–Crippen LogP) is 2.15. The quantitative estimate of drug-likeness (QED) is 0.863. The molecule has 3 rings (SSSR count). The van der Waals surface area contributed by atoms with Gasteiger partial charge >= 0.3 is 0 Å². The average molecular weight is 353 g/mol. The minimum absolute atomic E-state index is 0.00628. The molecule has 1 aliphatic rings. The maximum absolute atomic E-state index is 12.5. The molecule has 1 heterocycles. The molecule has 6 nitrogen and oxygen atoms in total. The smallest absolute Gasteiger partial charge is 0.261 e. The van der Waals surface area contributed by atoms with Crippen LogP contribution >= 0.6 is 0 Å². The van der Waals surface area contributed by atoms with Gasteiger partial charge in [0.25, 0.3) is 11.5 Å². The Hall–Kier alpha value is -2.89. The number of nitrogens with one attached hydrogen (secondary N) is 2. The fourth-order valence-corrected chi connectivity index (χ4v) is 3.29. The van der Waals surface area contributed by atoms with Gasteiger partial charge in [-0.3, -0.25) is 14.4 Å². The number of carbonyl (C=O) groups is 2. The second-order valence-corrected chi connectivity index (χ2v) is 6.77. The number of amides is 1. The highest BCUT2D eigenvalue weighted by atomic mass is 16.2. The molecule has 1 aromatic carbocycles. The number of anilines is 1. The Morgan fingerprint density at radius 3 is 2.69 bits per heavy atom. The van der Waals surface area contributed by atoms with E-state index in [9.17, 15) is 14.4 Å². The van der Waals surface area contributed by atoms with Crippen LogP contribution in [0.15, 0.2) is 41.2 Å². The van der Waals surface area contributed by atoms with Crippen molar-refractivity contribution < 1.29 is 9.59 Å². The predicted molar refractivity (Wildman–Crippen MR) is 101 cm³/mol. The number of aryl methyl sites for hydroxylation is 1. The van der Waals surface area contributed by atoms with Gasteiger partial charge < -0.3 is 15.2 Å². The zero-order chi connectivity index (χ0) is 18.7. The van der Waals surface area contributed by atoms with Crippen molar-refractivity contribution in [1.82, 2.24) is 10.3 Å². The molecule has 0 bridgehead atoms. The van der Waals surface area contributed by atoms with Crippen molar-refractivity contribution in [3.05, 3.63) is 63.6 Å². The summed E-state index contributed by atoms with van der Waals surface area (Å²) in [4.78, 5) is 41.5. The fraction of sp³-hybridized carbons (Fsp3) is 0.350. The van der Waals surface area contributed by atoms with E-state index >= 15 is 0 Å². The number of pyridine rings is 1. The van der Waals surface area contributed by atoms with Crippen molar-refractivity contribution in [3.8, 4) is 0 Å². The van der Waals surface area contributed by atoms with Gasteiger partial charge in [0.05, 0.1) is 0 Å². The molecule has 26 heavy (non-hydrogen) atoms. The standard InChI is InChI=1S/C20H23N3O3/c1-13(12-23(2)14-7-4-3-5-8-14)21-19(25)16-11-15-17(22-20(16)26)9-6-10-18(15)24/h3-5,7-8,11,13H,6,9-10,12H2,1-2H3,(H,21,25)(H,22,26)/t13-/m0/s1. The molecule has 136 valence electrons. The van der Waals surface area contributed by atoms with E-state index in [0.717, 1.165) is 12.1 Å². The van der Waals surface area contributed by atoms with Crippen molar-refractivity contribution >= 4 is 17.4 Å². The first-order valence-electron chi connectivity index (χ1n) is 8.82. The molecule has 1 aliphatic carbocycles. The van der Waals surface area contributed by atoms with Gasteiger partial charge in [-0.25, -0.2) is 0 Å². The molecule has 0 saturated carbocycles. The van der Waals surface area contributed by atoms with Crippen LogP contribution in [0.3, 0.4) is 0 Å². The second kappa shape index (κ2) is 7.56. The summed E-state index contributed by atoms with van der Waals surface area (Å²) >= 11 is 0. The van der Waals surface area contributed by atoms with E-state index in [0.29, 0.717) is 30.6 Å². The highest BCUT2D eigenvalue weighted by Crippen LogP contribution is 2.18. The number of hydrogen-bond acceptors (Lipinski definition) is 4.